The third-order valence-electron chi connectivity index (χ3n) is 4.90. The van der Waals surface area contributed by atoms with Gasteiger partial charge in [-0.05, 0) is 85.3 Å². The minimum absolute atomic E-state index is 0. The molecule has 0 aliphatic carbocycles. The molecule has 0 N–H and O–H groups in total. The van der Waals surface area contributed by atoms with E-state index in [2.05, 4.69) is 11.1 Å². The molecule has 148 valence electrons. The predicted molar refractivity (Wildman–Crippen MR) is 111 cm³/mol. The van der Waals surface area contributed by atoms with Crippen LogP contribution in [-0.4, -0.2) is 17.6 Å². The van der Waals surface area contributed by atoms with Gasteiger partial charge in [0.05, 0.1) is 6.61 Å². The summed E-state index contributed by atoms with van der Waals surface area (Å²) in [6.07, 6.45) is 2.37. The summed E-state index contributed by atoms with van der Waals surface area (Å²) >= 11 is 0. The van der Waals surface area contributed by atoms with Crippen molar-refractivity contribution in [3.05, 3.63) is 60.2 Å². The Labute approximate surface area is 217 Å². The van der Waals surface area contributed by atoms with E-state index >= 15 is 0 Å². The Balaban J connectivity index is 0.00000256. The summed E-state index contributed by atoms with van der Waals surface area (Å²) in [7, 11) is 0. The monoisotopic (exact) mass is 427 g/mol. The molecule has 0 bridgehead atoms. The van der Waals surface area contributed by atoms with Gasteiger partial charge in [0.25, 0.3) is 0 Å². The Hall–Kier alpha value is -1.70. The number of unbranched alkanes of at least 4 members (excludes halogenated alkanes) is 2. The van der Waals surface area contributed by atoms with Gasteiger partial charge in [0.15, 0.2) is 5.58 Å². The molecule has 1 aromatic heterocycles. The number of carbonyl (C=O) groups excluding carboxylic acids is 1. The van der Waals surface area contributed by atoms with Gasteiger partial charge in [0, 0.05) is 11.5 Å². The Morgan fingerprint density at radius 2 is 1.80 bits per heavy atom. The predicted octanol–water partition coefficient (Wildman–Crippen LogP) is 1.65. The molecule has 0 radical (unpaired) electrons. The summed E-state index contributed by atoms with van der Waals surface area (Å²) in [6.45, 7) is 2.60. The van der Waals surface area contributed by atoms with Gasteiger partial charge in [-0.15, -0.1) is 0 Å². The summed E-state index contributed by atoms with van der Waals surface area (Å²) in [4.78, 5) is 15.0. The van der Waals surface area contributed by atoms with Gasteiger partial charge in [0.2, 0.25) is 5.89 Å². The fraction of sp³-hybridized carbons (Fsp3) is 0.250. The van der Waals surface area contributed by atoms with Crippen molar-refractivity contribution >= 4 is 27.8 Å². The summed E-state index contributed by atoms with van der Waals surface area (Å²) in [5.74, 6) is 0.430. The third kappa shape index (κ3) is 5.71. The van der Waals surface area contributed by atoms with Crippen LogP contribution in [0.4, 0.5) is 0 Å². The number of carboxylic acid groups (broad SMARTS) is 1. The molecule has 0 fully saturated rings. The van der Waals surface area contributed by atoms with Crippen molar-refractivity contribution in [3.63, 3.8) is 0 Å². The average molecular weight is 428 g/mol. The van der Waals surface area contributed by atoms with E-state index in [4.69, 9.17) is 9.15 Å². The van der Waals surface area contributed by atoms with Crippen LogP contribution in [0.1, 0.15) is 31.2 Å². The topological polar surface area (TPSA) is 75.4 Å². The van der Waals surface area contributed by atoms with Gasteiger partial charge >= 0.3 is 51.4 Å². The van der Waals surface area contributed by atoms with Crippen LogP contribution < -0.4 is 61.2 Å². The van der Waals surface area contributed by atoms with E-state index in [1.165, 1.54) is 0 Å². The van der Waals surface area contributed by atoms with E-state index in [1.807, 2.05) is 55.5 Å². The Kier molecular flexibility index (Phi) is 8.08. The van der Waals surface area contributed by atoms with Crippen molar-refractivity contribution in [1.82, 2.24) is 4.98 Å². The minimum atomic E-state index is -0.993. The largest absolute Gasteiger partial charge is 1.00 e. The second kappa shape index (κ2) is 10.6. The number of hydrogen-bond acceptors (Lipinski definition) is 5. The van der Waals surface area contributed by atoms with Crippen LogP contribution in [0.5, 0.6) is 5.75 Å². The van der Waals surface area contributed by atoms with Gasteiger partial charge in [-0.1, -0.05) is 18.2 Å². The van der Waals surface area contributed by atoms with Crippen LogP contribution in [0.3, 0.4) is 0 Å². The number of carboxylic acids is 1. The fourth-order valence-electron chi connectivity index (χ4n) is 3.34. The van der Waals surface area contributed by atoms with Crippen molar-refractivity contribution in [2.45, 2.75) is 32.6 Å². The smallest absolute Gasteiger partial charge is 0.550 e. The minimum Gasteiger partial charge on any atom is -0.550 e. The van der Waals surface area contributed by atoms with Crippen LogP contribution >= 0.6 is 0 Å². The summed E-state index contributed by atoms with van der Waals surface area (Å²) in [6, 6.07) is 18.1. The molecule has 0 aliphatic heterocycles. The van der Waals surface area contributed by atoms with Crippen LogP contribution in [0.25, 0.3) is 33.3 Å². The molecule has 4 aromatic rings. The number of ether oxygens (including phenoxy) is 1. The molecule has 0 spiro atoms. The number of aromatic nitrogens is 1. The average Bonchev–Trinajstić information content (AvgIpc) is 3.13. The first kappa shape index (κ1) is 23.0. The van der Waals surface area contributed by atoms with Crippen LogP contribution in [-0.2, 0) is 4.79 Å². The Bertz CT molecular complexity index is 1170. The van der Waals surface area contributed by atoms with E-state index < -0.39 is 5.97 Å². The van der Waals surface area contributed by atoms with E-state index in [-0.39, 0.29) is 57.8 Å². The van der Waals surface area contributed by atoms with Gasteiger partial charge in [-0.2, -0.15) is 0 Å². The first-order valence-corrected chi connectivity index (χ1v) is 9.82. The Morgan fingerprint density at radius 1 is 1.00 bits per heavy atom. The molecule has 0 unspecified atom stereocenters. The van der Waals surface area contributed by atoms with E-state index in [9.17, 15) is 9.90 Å². The Morgan fingerprint density at radius 3 is 2.63 bits per heavy atom. The maximum absolute atomic E-state index is 10.4. The standard InChI is InChI=1S/C24H23NO4.K/c1-16-6-11-21-22(13-16)29-24(25-21)19-8-7-18-15-20(10-9-17(18)14-19)28-12-4-2-3-5-23(26)27;/h6-11,13-15H,2-5,12H2,1H3,(H,26,27);/q;+1/p-1. The van der Waals surface area contributed by atoms with Crippen molar-refractivity contribution in [2.75, 3.05) is 6.61 Å². The molecule has 0 saturated heterocycles. The van der Waals surface area contributed by atoms with Gasteiger partial charge in [-0.3, -0.25) is 0 Å². The van der Waals surface area contributed by atoms with Gasteiger partial charge in [-0.25, -0.2) is 4.98 Å². The molecule has 5 nitrogen and oxygen atoms in total. The van der Waals surface area contributed by atoms with E-state index in [1.54, 1.807) is 0 Å². The number of benzene rings is 3. The molecule has 0 aliphatic rings. The normalized spacial score (nSPS) is 10.8. The van der Waals surface area contributed by atoms with Crippen LogP contribution in [0.2, 0.25) is 0 Å². The second-order valence-electron chi connectivity index (χ2n) is 7.25. The van der Waals surface area contributed by atoms with Gasteiger partial charge < -0.3 is 19.1 Å². The zero-order valence-corrected chi connectivity index (χ0v) is 20.4. The molecule has 0 amide bonds. The zero-order chi connectivity index (χ0) is 20.2. The third-order valence-corrected chi connectivity index (χ3v) is 4.90. The second-order valence-corrected chi connectivity index (χ2v) is 7.25. The first-order valence-electron chi connectivity index (χ1n) is 9.82. The molecule has 4 rings (SSSR count). The number of rotatable bonds is 8. The molecule has 3 aromatic carbocycles. The summed E-state index contributed by atoms with van der Waals surface area (Å²) in [5.41, 5.74) is 3.73. The van der Waals surface area contributed by atoms with Crippen molar-refractivity contribution in [1.29, 1.82) is 0 Å². The number of nitrogens with zero attached hydrogens (tertiary/aromatic N) is 1. The molecule has 1 heterocycles. The SMILES string of the molecule is Cc1ccc2nc(-c3ccc4cc(OCCCCCC(=O)[O-])ccc4c3)oc2c1.[K+]. The number of hydrogen-bond donors (Lipinski definition) is 0. The number of oxazole rings is 1. The van der Waals surface area contributed by atoms with Crippen LogP contribution in [0.15, 0.2) is 59.0 Å². The summed E-state index contributed by atoms with van der Waals surface area (Å²) < 4.78 is 11.7. The van der Waals surface area contributed by atoms with E-state index in [0.717, 1.165) is 51.6 Å². The summed E-state index contributed by atoms with van der Waals surface area (Å²) in [5, 5.41) is 12.6. The maximum Gasteiger partial charge on any atom is 1.00 e. The first-order chi connectivity index (χ1) is 14.1. The molecular weight excluding hydrogens is 405 g/mol. The zero-order valence-electron chi connectivity index (χ0n) is 17.3. The van der Waals surface area contributed by atoms with Crippen molar-refractivity contribution < 1.29 is 70.4 Å². The van der Waals surface area contributed by atoms with E-state index in [0.29, 0.717) is 18.9 Å². The molecule has 0 saturated carbocycles. The quantitative estimate of drug-likeness (QED) is 0.316. The van der Waals surface area contributed by atoms with Crippen molar-refractivity contribution in [3.8, 4) is 17.2 Å². The number of carbonyl (C=O) groups is 1. The van der Waals surface area contributed by atoms with Crippen LogP contribution in [0, 0.1) is 6.92 Å². The number of aryl methyl sites for hydroxylation is 1. The fourth-order valence-corrected chi connectivity index (χ4v) is 3.34. The maximum atomic E-state index is 10.4. The molecular formula is C24H22KNO4. The van der Waals surface area contributed by atoms with Crippen molar-refractivity contribution in [2.24, 2.45) is 0 Å². The molecule has 0 atom stereocenters. The molecule has 30 heavy (non-hydrogen) atoms. The molecule has 6 heteroatoms. The van der Waals surface area contributed by atoms with Gasteiger partial charge in [0.1, 0.15) is 11.3 Å². The number of aliphatic carboxylic acids is 1. The number of fused-ring (bicyclic) bond motifs is 2.